The van der Waals surface area contributed by atoms with Crippen molar-refractivity contribution in [2.45, 2.75) is 12.3 Å². The van der Waals surface area contributed by atoms with E-state index in [-0.39, 0.29) is 5.75 Å². The maximum Gasteiger partial charge on any atom is 0.218 e. The largest absolute Gasteiger partial charge is 0.298 e. The van der Waals surface area contributed by atoms with E-state index in [0.717, 1.165) is 25.2 Å². The Morgan fingerprint density at radius 3 is 1.84 bits per heavy atom. The van der Waals surface area contributed by atoms with Crippen molar-refractivity contribution in [1.82, 2.24) is 9.21 Å². The molecule has 4 rings (SSSR count). The zero-order valence-electron chi connectivity index (χ0n) is 14.3. The minimum atomic E-state index is -3.22. The average Bonchev–Trinajstić information content (AvgIpc) is 3.15. The smallest absolute Gasteiger partial charge is 0.218 e. The molecule has 5 heteroatoms. The topological polar surface area (TPSA) is 40.6 Å². The second-order valence-electron chi connectivity index (χ2n) is 7.26. The first kappa shape index (κ1) is 16.8. The molecule has 0 amide bonds. The number of hydrogen-bond donors (Lipinski definition) is 0. The van der Waals surface area contributed by atoms with E-state index in [2.05, 4.69) is 29.2 Å². The summed E-state index contributed by atoms with van der Waals surface area (Å²) in [5, 5.41) is 0. The third-order valence-corrected chi connectivity index (χ3v) is 7.15. The molecule has 0 spiro atoms. The van der Waals surface area contributed by atoms with Gasteiger partial charge in [0, 0.05) is 32.7 Å². The first-order valence-corrected chi connectivity index (χ1v) is 10.5. The van der Waals surface area contributed by atoms with Gasteiger partial charge in [-0.15, -0.1) is 0 Å². The summed E-state index contributed by atoms with van der Waals surface area (Å²) in [5.41, 5.74) is 2.20. The molecule has 0 aromatic heterocycles. The van der Waals surface area contributed by atoms with Gasteiger partial charge in [-0.2, -0.15) is 0 Å². The minimum Gasteiger partial charge on any atom is -0.298 e. The summed E-state index contributed by atoms with van der Waals surface area (Å²) < 4.78 is 27.2. The monoisotopic (exact) mass is 356 g/mol. The molecule has 2 aliphatic rings. The third-order valence-electron chi connectivity index (χ3n) is 5.36. The molecule has 2 aromatic rings. The maximum absolute atomic E-state index is 12.7. The molecular weight excluding hydrogens is 332 g/mol. The van der Waals surface area contributed by atoms with Gasteiger partial charge in [0.15, 0.2) is 0 Å². The molecule has 0 bridgehead atoms. The fraction of sp³-hybridized carbons (Fsp3) is 0.400. The van der Waals surface area contributed by atoms with E-state index < -0.39 is 10.0 Å². The van der Waals surface area contributed by atoms with E-state index in [1.54, 1.807) is 4.31 Å². The second kappa shape index (κ2) is 6.90. The number of likely N-dealkylation sites (tertiary alicyclic amines) is 1. The number of sulfonamides is 1. The van der Waals surface area contributed by atoms with Crippen LogP contribution in [-0.2, 0) is 22.3 Å². The highest BCUT2D eigenvalue weighted by Crippen LogP contribution is 2.33. The van der Waals surface area contributed by atoms with Gasteiger partial charge >= 0.3 is 0 Å². The fourth-order valence-electron chi connectivity index (χ4n) is 4.12. The van der Waals surface area contributed by atoms with Crippen LogP contribution in [0.15, 0.2) is 60.7 Å². The Labute approximate surface area is 150 Å². The number of rotatable bonds is 5. The van der Waals surface area contributed by atoms with E-state index in [0.29, 0.717) is 24.9 Å². The lowest BCUT2D eigenvalue weighted by molar-refractivity contribution is 0.289. The van der Waals surface area contributed by atoms with Crippen LogP contribution in [0.1, 0.15) is 11.1 Å². The summed E-state index contributed by atoms with van der Waals surface area (Å²) >= 11 is 0. The molecule has 2 aromatic carbocycles. The predicted molar refractivity (Wildman–Crippen MR) is 99.3 cm³/mol. The van der Waals surface area contributed by atoms with Crippen molar-refractivity contribution in [3.8, 4) is 0 Å². The van der Waals surface area contributed by atoms with Gasteiger partial charge < -0.3 is 0 Å². The molecule has 0 radical (unpaired) electrons. The van der Waals surface area contributed by atoms with E-state index in [4.69, 9.17) is 0 Å². The molecule has 0 aliphatic carbocycles. The van der Waals surface area contributed by atoms with E-state index >= 15 is 0 Å². The summed E-state index contributed by atoms with van der Waals surface area (Å²) in [7, 11) is -3.22. The van der Waals surface area contributed by atoms with Crippen LogP contribution in [0.2, 0.25) is 0 Å². The molecule has 0 saturated carbocycles. The van der Waals surface area contributed by atoms with E-state index in [9.17, 15) is 8.42 Å². The van der Waals surface area contributed by atoms with Crippen molar-refractivity contribution in [2.24, 2.45) is 11.8 Å². The van der Waals surface area contributed by atoms with Gasteiger partial charge in [0.25, 0.3) is 0 Å². The highest BCUT2D eigenvalue weighted by molar-refractivity contribution is 7.88. The van der Waals surface area contributed by atoms with Crippen LogP contribution in [-0.4, -0.2) is 43.8 Å². The van der Waals surface area contributed by atoms with Gasteiger partial charge in [0.1, 0.15) is 0 Å². The van der Waals surface area contributed by atoms with Gasteiger partial charge in [-0.3, -0.25) is 4.90 Å². The summed E-state index contributed by atoms with van der Waals surface area (Å²) in [6, 6.07) is 20.0. The summed E-state index contributed by atoms with van der Waals surface area (Å²) in [5.74, 6) is 1.05. The highest BCUT2D eigenvalue weighted by atomic mass is 32.2. The Morgan fingerprint density at radius 2 is 1.28 bits per heavy atom. The van der Waals surface area contributed by atoms with Crippen molar-refractivity contribution < 1.29 is 8.42 Å². The van der Waals surface area contributed by atoms with Crippen molar-refractivity contribution in [1.29, 1.82) is 0 Å². The Kier molecular flexibility index (Phi) is 4.63. The SMILES string of the molecule is O=S(=O)(Cc1ccccc1)N1CC2CN(Cc3ccccc3)CC2C1. The standard InChI is InChI=1S/C20H24N2O2S/c23-25(24,16-18-9-5-2-6-10-18)22-14-19-12-21(13-20(19)15-22)11-17-7-3-1-4-8-17/h1-10,19-20H,11-16H2. The van der Waals surface area contributed by atoms with E-state index in [1.165, 1.54) is 5.56 Å². The number of nitrogens with zero attached hydrogens (tertiary/aromatic N) is 2. The quantitative estimate of drug-likeness (QED) is 0.827. The first-order valence-electron chi connectivity index (χ1n) is 8.88. The highest BCUT2D eigenvalue weighted by Gasteiger charge is 2.43. The fourth-order valence-corrected chi connectivity index (χ4v) is 5.75. The zero-order chi connectivity index (χ0) is 17.3. The van der Waals surface area contributed by atoms with Gasteiger partial charge in [-0.1, -0.05) is 60.7 Å². The lowest BCUT2D eigenvalue weighted by Crippen LogP contribution is -2.34. The second-order valence-corrected chi connectivity index (χ2v) is 9.23. The predicted octanol–water partition coefficient (Wildman–Crippen LogP) is 2.58. The normalized spacial score (nSPS) is 24.5. The third kappa shape index (κ3) is 3.78. The molecular formula is C20H24N2O2S. The van der Waals surface area contributed by atoms with Crippen LogP contribution >= 0.6 is 0 Å². The molecule has 2 unspecified atom stereocenters. The van der Waals surface area contributed by atoms with E-state index in [1.807, 2.05) is 36.4 Å². The van der Waals surface area contributed by atoms with Crippen LogP contribution in [0.25, 0.3) is 0 Å². The first-order chi connectivity index (χ1) is 12.1. The molecule has 25 heavy (non-hydrogen) atoms. The molecule has 132 valence electrons. The molecule has 0 N–H and O–H groups in total. The molecule has 2 heterocycles. The van der Waals surface area contributed by atoms with Crippen molar-refractivity contribution in [3.63, 3.8) is 0 Å². The molecule has 4 nitrogen and oxygen atoms in total. The van der Waals surface area contributed by atoms with Crippen LogP contribution in [0.4, 0.5) is 0 Å². The van der Waals surface area contributed by atoms with Gasteiger partial charge in [-0.25, -0.2) is 12.7 Å². The summed E-state index contributed by atoms with van der Waals surface area (Å²) in [6.45, 7) is 4.30. The lowest BCUT2D eigenvalue weighted by atomic mass is 10.0. The molecule has 2 aliphatic heterocycles. The van der Waals surface area contributed by atoms with Crippen molar-refractivity contribution in [2.75, 3.05) is 26.2 Å². The van der Waals surface area contributed by atoms with Gasteiger partial charge in [-0.05, 0) is 23.0 Å². The molecule has 2 saturated heterocycles. The molecule has 2 atom stereocenters. The Balaban J connectivity index is 1.36. The van der Waals surface area contributed by atoms with Crippen molar-refractivity contribution >= 4 is 10.0 Å². The Bertz CT molecular complexity index is 794. The Morgan fingerprint density at radius 1 is 0.760 bits per heavy atom. The Hall–Kier alpha value is -1.69. The number of hydrogen-bond acceptors (Lipinski definition) is 3. The minimum absolute atomic E-state index is 0.112. The van der Waals surface area contributed by atoms with Crippen LogP contribution < -0.4 is 0 Å². The zero-order valence-corrected chi connectivity index (χ0v) is 15.1. The summed E-state index contributed by atoms with van der Waals surface area (Å²) in [6.07, 6.45) is 0. The molecule has 2 fully saturated rings. The van der Waals surface area contributed by atoms with Crippen LogP contribution in [0, 0.1) is 11.8 Å². The maximum atomic E-state index is 12.7. The van der Waals surface area contributed by atoms with Gasteiger partial charge in [0.2, 0.25) is 10.0 Å². The van der Waals surface area contributed by atoms with Crippen molar-refractivity contribution in [3.05, 3.63) is 71.8 Å². The number of fused-ring (bicyclic) bond motifs is 1. The lowest BCUT2D eigenvalue weighted by Gasteiger charge is -2.21. The summed E-state index contributed by atoms with van der Waals surface area (Å²) in [4.78, 5) is 2.46. The average molecular weight is 356 g/mol. The van der Waals surface area contributed by atoms with Crippen LogP contribution in [0.3, 0.4) is 0 Å². The van der Waals surface area contributed by atoms with Gasteiger partial charge in [0.05, 0.1) is 5.75 Å². The van der Waals surface area contributed by atoms with Crippen LogP contribution in [0.5, 0.6) is 0 Å². The number of benzene rings is 2.